The van der Waals surface area contributed by atoms with E-state index in [0.717, 1.165) is 5.69 Å². The van der Waals surface area contributed by atoms with Crippen molar-refractivity contribution >= 4 is 35.1 Å². The second-order valence-corrected chi connectivity index (χ2v) is 6.17. The van der Waals surface area contributed by atoms with Crippen LogP contribution in [0.15, 0.2) is 41.0 Å². The third kappa shape index (κ3) is 5.08. The van der Waals surface area contributed by atoms with Crippen LogP contribution in [-0.4, -0.2) is 37.5 Å². The highest BCUT2D eigenvalue weighted by Gasteiger charge is 2.36. The van der Waals surface area contributed by atoms with Gasteiger partial charge in [-0.25, -0.2) is 9.79 Å². The van der Waals surface area contributed by atoms with Gasteiger partial charge in [-0.2, -0.15) is 0 Å². The van der Waals surface area contributed by atoms with Gasteiger partial charge in [-0.3, -0.25) is 4.79 Å². The molecule has 1 atom stereocenters. The maximum atomic E-state index is 12.3. The van der Waals surface area contributed by atoms with Crippen molar-refractivity contribution in [2.75, 3.05) is 24.7 Å². The van der Waals surface area contributed by atoms with Crippen molar-refractivity contribution in [3.05, 3.63) is 41.1 Å². The van der Waals surface area contributed by atoms with E-state index in [1.54, 1.807) is 32.9 Å². The number of anilines is 1. The van der Waals surface area contributed by atoms with Gasteiger partial charge in [-0.1, -0.05) is 11.6 Å². The standard InChI is InChI=1S/C19H23ClN2O4/c1-4-25-17(23)12-13(3)21-18-16(19(24)26-5-2)10-11-22(18)15-8-6-14(20)7-9-15/h6-9,12,16H,4-5,10-11H2,1-3H3. The lowest BCUT2D eigenvalue weighted by Gasteiger charge is -2.21. The molecule has 0 saturated carbocycles. The minimum Gasteiger partial charge on any atom is -0.465 e. The number of aliphatic imine (C=N–C) groups is 1. The van der Waals surface area contributed by atoms with Crippen molar-refractivity contribution in [2.45, 2.75) is 27.2 Å². The molecule has 1 aliphatic rings. The van der Waals surface area contributed by atoms with Crippen molar-refractivity contribution in [1.29, 1.82) is 0 Å². The fourth-order valence-electron chi connectivity index (χ4n) is 2.74. The quantitative estimate of drug-likeness (QED) is 0.559. The zero-order valence-electron chi connectivity index (χ0n) is 15.2. The number of rotatable bonds is 6. The number of nitrogens with zero attached hydrogens (tertiary/aromatic N) is 2. The molecule has 2 rings (SSSR count). The normalized spacial score (nSPS) is 18.9. The van der Waals surface area contributed by atoms with Gasteiger partial charge in [0.05, 0.1) is 13.2 Å². The summed E-state index contributed by atoms with van der Waals surface area (Å²) in [4.78, 5) is 30.5. The van der Waals surface area contributed by atoms with E-state index in [0.29, 0.717) is 42.7 Å². The van der Waals surface area contributed by atoms with Gasteiger partial charge >= 0.3 is 11.9 Å². The van der Waals surface area contributed by atoms with Crippen LogP contribution in [0.3, 0.4) is 0 Å². The molecule has 0 N–H and O–H groups in total. The van der Waals surface area contributed by atoms with Crippen molar-refractivity contribution in [3.8, 4) is 0 Å². The van der Waals surface area contributed by atoms with Crippen LogP contribution in [0.25, 0.3) is 0 Å². The average molecular weight is 379 g/mol. The lowest BCUT2D eigenvalue weighted by molar-refractivity contribution is -0.145. The van der Waals surface area contributed by atoms with Crippen LogP contribution in [-0.2, 0) is 19.1 Å². The molecule has 0 aromatic heterocycles. The van der Waals surface area contributed by atoms with E-state index in [9.17, 15) is 9.59 Å². The molecule has 140 valence electrons. The Hall–Kier alpha value is -2.34. The van der Waals surface area contributed by atoms with Crippen molar-refractivity contribution in [1.82, 2.24) is 0 Å². The number of ether oxygens (including phenoxy) is 2. The maximum Gasteiger partial charge on any atom is 0.332 e. The summed E-state index contributed by atoms with van der Waals surface area (Å²) in [6.07, 6.45) is 1.91. The van der Waals surface area contributed by atoms with Crippen LogP contribution in [0.4, 0.5) is 5.69 Å². The molecule has 0 radical (unpaired) electrons. The first-order valence-electron chi connectivity index (χ1n) is 8.59. The molecule has 6 nitrogen and oxygen atoms in total. The van der Waals surface area contributed by atoms with E-state index in [-0.39, 0.29) is 5.97 Å². The number of hydrogen-bond acceptors (Lipinski definition) is 5. The Bertz CT molecular complexity index is 713. The van der Waals surface area contributed by atoms with E-state index in [1.165, 1.54) is 6.08 Å². The number of carbonyl (C=O) groups is 2. The van der Waals surface area contributed by atoms with Crippen LogP contribution in [0.5, 0.6) is 0 Å². The predicted molar refractivity (Wildman–Crippen MR) is 101 cm³/mol. The third-order valence-electron chi connectivity index (χ3n) is 3.84. The molecule has 26 heavy (non-hydrogen) atoms. The van der Waals surface area contributed by atoms with E-state index in [1.807, 2.05) is 17.0 Å². The Morgan fingerprint density at radius 2 is 1.88 bits per heavy atom. The first-order valence-corrected chi connectivity index (χ1v) is 8.97. The second-order valence-electron chi connectivity index (χ2n) is 5.73. The van der Waals surface area contributed by atoms with Crippen LogP contribution in [0, 0.1) is 5.92 Å². The third-order valence-corrected chi connectivity index (χ3v) is 4.10. The molecule has 1 saturated heterocycles. The summed E-state index contributed by atoms with van der Waals surface area (Å²) in [5.74, 6) is -0.690. The van der Waals surface area contributed by atoms with Crippen LogP contribution in [0.1, 0.15) is 27.2 Å². The van der Waals surface area contributed by atoms with Gasteiger partial charge in [-0.15, -0.1) is 0 Å². The van der Waals surface area contributed by atoms with Gasteiger partial charge in [0, 0.05) is 29.0 Å². The van der Waals surface area contributed by atoms with Crippen LogP contribution < -0.4 is 4.90 Å². The van der Waals surface area contributed by atoms with Gasteiger partial charge in [0.1, 0.15) is 11.8 Å². The minimum atomic E-state index is -0.476. The van der Waals surface area contributed by atoms with E-state index < -0.39 is 11.9 Å². The number of carbonyl (C=O) groups excluding carboxylic acids is 2. The highest BCUT2D eigenvalue weighted by atomic mass is 35.5. The smallest absolute Gasteiger partial charge is 0.332 e. The summed E-state index contributed by atoms with van der Waals surface area (Å²) in [7, 11) is 0. The monoisotopic (exact) mass is 378 g/mol. The Morgan fingerprint density at radius 3 is 2.50 bits per heavy atom. The van der Waals surface area contributed by atoms with Gasteiger partial charge < -0.3 is 14.4 Å². The molecule has 1 fully saturated rings. The maximum absolute atomic E-state index is 12.3. The molecular formula is C19H23ClN2O4. The van der Waals surface area contributed by atoms with Gasteiger partial charge in [0.25, 0.3) is 0 Å². The van der Waals surface area contributed by atoms with Gasteiger partial charge in [0.15, 0.2) is 0 Å². The SMILES string of the molecule is CCOC(=O)C=C(C)N=C1C(C(=O)OCC)CCN1c1ccc(Cl)cc1. The molecule has 1 unspecified atom stereocenters. The molecular weight excluding hydrogens is 356 g/mol. The zero-order valence-corrected chi connectivity index (χ0v) is 16.0. The highest BCUT2D eigenvalue weighted by molar-refractivity contribution is 6.30. The number of amidine groups is 1. The topological polar surface area (TPSA) is 68.2 Å². The molecule has 1 aromatic carbocycles. The van der Waals surface area contributed by atoms with E-state index >= 15 is 0 Å². The predicted octanol–water partition coefficient (Wildman–Crippen LogP) is 3.59. The first-order chi connectivity index (χ1) is 12.5. The fourth-order valence-corrected chi connectivity index (χ4v) is 2.87. The first kappa shape index (κ1) is 20.0. The summed E-state index contributed by atoms with van der Waals surface area (Å²) in [5, 5.41) is 0.631. The molecule has 1 heterocycles. The summed E-state index contributed by atoms with van der Waals surface area (Å²) >= 11 is 5.96. The zero-order chi connectivity index (χ0) is 19.1. The number of halogens is 1. The van der Waals surface area contributed by atoms with Crippen LogP contribution in [0.2, 0.25) is 5.02 Å². The van der Waals surface area contributed by atoms with Crippen molar-refractivity contribution < 1.29 is 19.1 Å². The largest absolute Gasteiger partial charge is 0.465 e. The molecule has 0 spiro atoms. The Balaban J connectivity index is 2.36. The molecule has 1 aromatic rings. The lowest BCUT2D eigenvalue weighted by atomic mass is 10.1. The average Bonchev–Trinajstić information content (AvgIpc) is 2.99. The van der Waals surface area contributed by atoms with E-state index in [4.69, 9.17) is 21.1 Å². The summed E-state index contributed by atoms with van der Waals surface area (Å²) in [6.45, 7) is 6.43. The Kier molecular flexibility index (Phi) is 7.21. The molecule has 7 heteroatoms. The minimum absolute atomic E-state index is 0.293. The Labute approximate surface area is 158 Å². The van der Waals surface area contributed by atoms with Crippen LogP contribution >= 0.6 is 11.6 Å². The van der Waals surface area contributed by atoms with Crippen molar-refractivity contribution in [2.24, 2.45) is 10.9 Å². The summed E-state index contributed by atoms with van der Waals surface area (Å²) in [6, 6.07) is 7.31. The number of allylic oxidation sites excluding steroid dienone is 1. The molecule has 1 aliphatic heterocycles. The summed E-state index contributed by atoms with van der Waals surface area (Å²) in [5.41, 5.74) is 1.34. The number of benzene rings is 1. The summed E-state index contributed by atoms with van der Waals surface area (Å²) < 4.78 is 10.1. The molecule has 0 amide bonds. The van der Waals surface area contributed by atoms with Gasteiger partial charge in [-0.05, 0) is 51.5 Å². The second kappa shape index (κ2) is 9.38. The fraction of sp³-hybridized carbons (Fsp3) is 0.421. The van der Waals surface area contributed by atoms with Gasteiger partial charge in [0.2, 0.25) is 0 Å². The van der Waals surface area contributed by atoms with Crippen molar-refractivity contribution in [3.63, 3.8) is 0 Å². The molecule has 0 bridgehead atoms. The molecule has 0 aliphatic carbocycles. The Morgan fingerprint density at radius 1 is 1.23 bits per heavy atom. The highest BCUT2D eigenvalue weighted by Crippen LogP contribution is 2.29. The van der Waals surface area contributed by atoms with E-state index in [2.05, 4.69) is 4.99 Å². The number of hydrogen-bond donors (Lipinski definition) is 0. The lowest BCUT2D eigenvalue weighted by Crippen LogP contribution is -2.31. The number of esters is 2.